The van der Waals surface area contributed by atoms with Crippen LogP contribution in [0.25, 0.3) is 22.3 Å². The van der Waals surface area contributed by atoms with E-state index >= 15 is 0 Å². The molecule has 8 heteroatoms. The van der Waals surface area contributed by atoms with Gasteiger partial charge in [0.05, 0.1) is 0 Å². The van der Waals surface area contributed by atoms with Gasteiger partial charge in [-0.1, -0.05) is 69.3 Å². The van der Waals surface area contributed by atoms with Gasteiger partial charge in [-0.25, -0.2) is 0 Å². The van der Waals surface area contributed by atoms with Crippen LogP contribution in [0.15, 0.2) is 66.7 Å². The summed E-state index contributed by atoms with van der Waals surface area (Å²) in [6, 6.07) is 16.3. The van der Waals surface area contributed by atoms with Crippen LogP contribution in [-0.4, -0.2) is 12.7 Å². The van der Waals surface area contributed by atoms with Crippen molar-refractivity contribution in [1.29, 1.82) is 0 Å². The Morgan fingerprint density at radius 1 is 0.594 bits per heavy atom. The van der Waals surface area contributed by atoms with Crippen LogP contribution in [0.5, 0.6) is 11.5 Å². The lowest BCUT2D eigenvalue weighted by Crippen LogP contribution is -2.20. The quantitative estimate of drug-likeness (QED) is 0.371. The van der Waals surface area contributed by atoms with E-state index in [9.17, 15) is 26.3 Å². The SMILES string of the molecule is CC(C)(C)c1ccc(OC(F)(F)F)c(-c2c(OC(F)(F)F)cccc2-c2ccccc2)c1. The molecule has 0 N–H and O–H groups in total. The van der Waals surface area contributed by atoms with Gasteiger partial charge in [0.2, 0.25) is 0 Å². The highest BCUT2D eigenvalue weighted by atomic mass is 19.4. The van der Waals surface area contributed by atoms with Gasteiger partial charge < -0.3 is 9.47 Å². The first-order chi connectivity index (χ1) is 14.7. The van der Waals surface area contributed by atoms with E-state index in [0.29, 0.717) is 11.1 Å². The van der Waals surface area contributed by atoms with Crippen LogP contribution >= 0.6 is 0 Å². The molecule has 3 aromatic rings. The van der Waals surface area contributed by atoms with Crippen molar-refractivity contribution < 1.29 is 35.8 Å². The molecule has 0 aliphatic carbocycles. The van der Waals surface area contributed by atoms with Crippen LogP contribution in [0.4, 0.5) is 26.3 Å². The Hall–Kier alpha value is -3.16. The van der Waals surface area contributed by atoms with Gasteiger partial charge in [-0.3, -0.25) is 0 Å². The fourth-order valence-electron chi connectivity index (χ4n) is 3.28. The monoisotopic (exact) mass is 454 g/mol. The second-order valence-electron chi connectivity index (χ2n) is 8.10. The zero-order valence-electron chi connectivity index (χ0n) is 17.4. The number of halogens is 6. The molecule has 0 aliphatic rings. The van der Waals surface area contributed by atoms with Crippen molar-refractivity contribution in [2.45, 2.75) is 38.9 Å². The molecule has 0 heterocycles. The Morgan fingerprint density at radius 2 is 1.19 bits per heavy atom. The summed E-state index contributed by atoms with van der Waals surface area (Å²) in [6.45, 7) is 5.52. The van der Waals surface area contributed by atoms with Gasteiger partial charge in [0.1, 0.15) is 11.5 Å². The lowest BCUT2D eigenvalue weighted by molar-refractivity contribution is -0.276. The highest BCUT2D eigenvalue weighted by molar-refractivity contribution is 5.90. The Morgan fingerprint density at radius 3 is 1.75 bits per heavy atom. The molecule has 0 radical (unpaired) electrons. The number of rotatable bonds is 4. The van der Waals surface area contributed by atoms with Crippen molar-refractivity contribution in [1.82, 2.24) is 0 Å². The lowest BCUT2D eigenvalue weighted by Gasteiger charge is -2.24. The minimum Gasteiger partial charge on any atom is -0.405 e. The smallest absolute Gasteiger partial charge is 0.405 e. The largest absolute Gasteiger partial charge is 0.573 e. The molecule has 32 heavy (non-hydrogen) atoms. The van der Waals surface area contributed by atoms with Crippen molar-refractivity contribution >= 4 is 0 Å². The van der Waals surface area contributed by atoms with Crippen molar-refractivity contribution in [2.24, 2.45) is 0 Å². The van der Waals surface area contributed by atoms with E-state index in [1.54, 1.807) is 30.3 Å². The summed E-state index contributed by atoms with van der Waals surface area (Å²) in [5, 5.41) is 0. The molecule has 3 aromatic carbocycles. The molecule has 170 valence electrons. The summed E-state index contributed by atoms with van der Waals surface area (Å²) in [5.74, 6) is -1.25. The van der Waals surface area contributed by atoms with Crippen LogP contribution in [0.3, 0.4) is 0 Å². The fourth-order valence-corrected chi connectivity index (χ4v) is 3.28. The molecule has 0 atom stereocenters. The molecule has 0 fully saturated rings. The molecule has 0 saturated carbocycles. The van der Waals surface area contributed by atoms with Crippen molar-refractivity contribution in [3.63, 3.8) is 0 Å². The molecule has 2 nitrogen and oxygen atoms in total. The Kier molecular flexibility index (Phi) is 6.18. The van der Waals surface area contributed by atoms with Gasteiger partial charge in [0.25, 0.3) is 0 Å². The van der Waals surface area contributed by atoms with Gasteiger partial charge in [-0.2, -0.15) is 0 Å². The Labute approximate surface area is 181 Å². The summed E-state index contributed by atoms with van der Waals surface area (Å²) in [4.78, 5) is 0. The Bertz CT molecular complexity index is 1080. The number of hydrogen-bond acceptors (Lipinski definition) is 2. The van der Waals surface area contributed by atoms with Crippen LogP contribution in [-0.2, 0) is 5.41 Å². The third-order valence-electron chi connectivity index (χ3n) is 4.68. The van der Waals surface area contributed by atoms with E-state index in [-0.39, 0.29) is 16.7 Å². The maximum Gasteiger partial charge on any atom is 0.573 e. The summed E-state index contributed by atoms with van der Waals surface area (Å²) in [5.41, 5.74) is 0.593. The average Bonchev–Trinajstić information content (AvgIpc) is 2.66. The average molecular weight is 454 g/mol. The van der Waals surface area contributed by atoms with Crippen LogP contribution in [0.1, 0.15) is 26.3 Å². The zero-order chi connectivity index (χ0) is 23.7. The first-order valence-electron chi connectivity index (χ1n) is 9.59. The van der Waals surface area contributed by atoms with Gasteiger partial charge in [0.15, 0.2) is 0 Å². The molecule has 3 rings (SSSR count). The van der Waals surface area contributed by atoms with Crippen molar-refractivity contribution in [2.75, 3.05) is 0 Å². The predicted molar refractivity (Wildman–Crippen MR) is 109 cm³/mol. The van der Waals surface area contributed by atoms with Crippen molar-refractivity contribution in [3.8, 4) is 33.8 Å². The first-order valence-corrected chi connectivity index (χ1v) is 9.59. The predicted octanol–water partition coefficient (Wildman–Crippen LogP) is 8.12. The van der Waals surface area contributed by atoms with E-state index in [1.807, 2.05) is 20.8 Å². The summed E-state index contributed by atoms with van der Waals surface area (Å²) in [6.07, 6.45) is -10.1. The summed E-state index contributed by atoms with van der Waals surface area (Å²) in [7, 11) is 0. The third kappa shape index (κ3) is 5.75. The Balaban J connectivity index is 2.38. The van der Waals surface area contributed by atoms with E-state index in [1.165, 1.54) is 24.3 Å². The van der Waals surface area contributed by atoms with E-state index in [4.69, 9.17) is 0 Å². The molecule has 0 amide bonds. The molecule has 0 unspecified atom stereocenters. The first kappa shape index (κ1) is 23.5. The molecule has 0 aliphatic heterocycles. The maximum atomic E-state index is 13.2. The van der Waals surface area contributed by atoms with Gasteiger partial charge in [-0.15, -0.1) is 26.3 Å². The highest BCUT2D eigenvalue weighted by Gasteiger charge is 2.36. The van der Waals surface area contributed by atoms with Gasteiger partial charge in [-0.05, 0) is 40.3 Å². The van der Waals surface area contributed by atoms with Gasteiger partial charge >= 0.3 is 12.7 Å². The normalized spacial score (nSPS) is 12.5. The molecule has 0 spiro atoms. The van der Waals surface area contributed by atoms with Crippen molar-refractivity contribution in [3.05, 3.63) is 72.3 Å². The van der Waals surface area contributed by atoms with E-state index in [2.05, 4.69) is 9.47 Å². The van der Waals surface area contributed by atoms with Crippen LogP contribution < -0.4 is 9.47 Å². The number of benzene rings is 3. The molecular weight excluding hydrogens is 434 g/mol. The zero-order valence-corrected chi connectivity index (χ0v) is 17.4. The molecule has 0 aromatic heterocycles. The third-order valence-corrected chi connectivity index (χ3v) is 4.68. The molecule has 0 bridgehead atoms. The number of alkyl halides is 6. The molecular formula is C24H20F6O2. The lowest BCUT2D eigenvalue weighted by atomic mass is 9.84. The fraction of sp³-hybridized carbons (Fsp3) is 0.250. The number of ether oxygens (including phenoxy) is 2. The second kappa shape index (κ2) is 8.41. The highest BCUT2D eigenvalue weighted by Crippen LogP contribution is 2.46. The topological polar surface area (TPSA) is 18.5 Å². The minimum atomic E-state index is -5.04. The van der Waals surface area contributed by atoms with E-state index in [0.717, 1.165) is 12.1 Å². The number of hydrogen-bond donors (Lipinski definition) is 0. The second-order valence-corrected chi connectivity index (χ2v) is 8.10. The maximum absolute atomic E-state index is 13.2. The standard InChI is InChI=1S/C24H20F6O2/c1-22(2,3)16-12-13-19(31-23(25,26)27)18(14-16)21-17(15-8-5-4-6-9-15)10-7-11-20(21)32-24(28,29)30/h4-14H,1-3H3. The summed E-state index contributed by atoms with van der Waals surface area (Å²) >= 11 is 0. The molecule has 0 saturated heterocycles. The summed E-state index contributed by atoms with van der Waals surface area (Å²) < 4.78 is 87.4. The minimum absolute atomic E-state index is 0.152. The van der Waals surface area contributed by atoms with E-state index < -0.39 is 29.6 Å². The van der Waals surface area contributed by atoms with Gasteiger partial charge in [0, 0.05) is 11.1 Å². The van der Waals surface area contributed by atoms with Crippen LogP contribution in [0, 0.1) is 0 Å². The van der Waals surface area contributed by atoms with Crippen LogP contribution in [0.2, 0.25) is 0 Å².